The highest BCUT2D eigenvalue weighted by molar-refractivity contribution is 6.54. The second-order valence-corrected chi connectivity index (χ2v) is 31.1. The summed E-state index contributed by atoms with van der Waals surface area (Å²) in [6, 6.07) is -0.865. The van der Waals surface area contributed by atoms with Crippen LogP contribution in [0.5, 0.6) is 0 Å². The molecule has 100 heavy (non-hydrogen) atoms. The van der Waals surface area contributed by atoms with Gasteiger partial charge in [0.25, 0.3) is 0 Å². The van der Waals surface area contributed by atoms with Crippen molar-refractivity contribution in [2.45, 2.75) is 58.9 Å². The fourth-order valence-electron chi connectivity index (χ4n) is 6.38. The van der Waals surface area contributed by atoms with Gasteiger partial charge >= 0.3 is 7.32 Å². The van der Waals surface area contributed by atoms with Crippen molar-refractivity contribution in [3.8, 4) is 44.5 Å². The van der Waals surface area contributed by atoms with E-state index in [1.807, 2.05) is 0 Å². The standard InChI is InChI=1S/4C12HF9.3C3H10Si.BH3O3/c4*13-3-1-2(5(14)9(18)6(3)15)4-7(16)10(19)12(21)11(20)8(4)17;3*1-4(2)3;2-1(3)4/h4*1H;3*4H,1-3H3;2-4H. The van der Waals surface area contributed by atoms with Gasteiger partial charge in [-0.2, -0.15) is 0 Å². The lowest BCUT2D eigenvalue weighted by atomic mass is 10.0. The molecular weight excluding hydrogens is 1510 g/mol. The van der Waals surface area contributed by atoms with Gasteiger partial charge in [-0.3, -0.25) is 0 Å². The molecule has 8 rings (SSSR count). The summed E-state index contributed by atoms with van der Waals surface area (Å²) < 4.78 is 470. The van der Waals surface area contributed by atoms with Crippen molar-refractivity contribution < 1.29 is 173 Å². The molecule has 0 saturated carbocycles. The summed E-state index contributed by atoms with van der Waals surface area (Å²) in [5.74, 6) is -86.0. The van der Waals surface area contributed by atoms with E-state index in [1.165, 1.54) is 0 Å². The van der Waals surface area contributed by atoms with Crippen LogP contribution >= 0.6 is 0 Å². The summed E-state index contributed by atoms with van der Waals surface area (Å²) in [6.45, 7) is 20.8. The van der Waals surface area contributed by atoms with Crippen LogP contribution in [0.4, 0.5) is 158 Å². The zero-order valence-corrected chi connectivity index (χ0v) is 54.0. The zero-order chi connectivity index (χ0) is 78.5. The van der Waals surface area contributed by atoms with Crippen molar-refractivity contribution in [2.75, 3.05) is 0 Å². The lowest BCUT2D eigenvalue weighted by Gasteiger charge is -2.10. The number of hydrogen-bond donors (Lipinski definition) is 3. The fourth-order valence-corrected chi connectivity index (χ4v) is 6.38. The summed E-state index contributed by atoms with van der Waals surface area (Å²) in [5, 5.41) is 21.5. The molecule has 0 aliphatic rings. The summed E-state index contributed by atoms with van der Waals surface area (Å²) in [4.78, 5) is 0. The molecule has 0 spiro atoms. The molecule has 0 amide bonds. The van der Waals surface area contributed by atoms with E-state index in [4.69, 9.17) is 15.1 Å². The maximum absolute atomic E-state index is 13.4. The highest BCUT2D eigenvalue weighted by Gasteiger charge is 2.36. The van der Waals surface area contributed by atoms with E-state index in [0.29, 0.717) is 0 Å². The second kappa shape index (κ2) is 37.5. The maximum Gasteiger partial charge on any atom is 0.631 e. The first-order chi connectivity index (χ1) is 45.6. The van der Waals surface area contributed by atoms with E-state index in [2.05, 4.69) is 58.9 Å². The van der Waals surface area contributed by atoms with E-state index in [0.717, 1.165) is 0 Å². The summed E-state index contributed by atoms with van der Waals surface area (Å²) in [7, 11) is -2.58. The highest BCUT2D eigenvalue weighted by atomic mass is 28.3. The average Bonchev–Trinajstić information content (AvgIpc) is 0.784. The monoisotopic (exact) mass is 1550 g/mol. The minimum atomic E-state index is -2.53. The lowest BCUT2D eigenvalue weighted by Crippen LogP contribution is -2.07. The van der Waals surface area contributed by atoms with Gasteiger partial charge in [0.2, 0.25) is 23.3 Å². The van der Waals surface area contributed by atoms with Crippen molar-refractivity contribution in [2.24, 2.45) is 0 Å². The van der Waals surface area contributed by atoms with Gasteiger partial charge in [-0.1, -0.05) is 58.9 Å². The van der Waals surface area contributed by atoms with Crippen LogP contribution in [-0.4, -0.2) is 48.8 Å². The summed E-state index contributed by atoms with van der Waals surface area (Å²) >= 11 is 0. The largest absolute Gasteiger partial charge is 0.631 e. The van der Waals surface area contributed by atoms with Gasteiger partial charge in [0.15, 0.2) is 186 Å². The Hall–Kier alpha value is -8.16. The third-order valence-corrected chi connectivity index (χ3v) is 10.3. The van der Waals surface area contributed by atoms with Gasteiger partial charge in [-0.15, -0.1) is 0 Å². The highest BCUT2D eigenvalue weighted by Crippen LogP contribution is 2.40. The molecular formula is C57H37BF36O3Si3. The number of halogens is 36. The molecule has 8 aromatic carbocycles. The molecule has 0 aromatic heterocycles. The zero-order valence-electron chi connectivity index (χ0n) is 50.6. The molecule has 3 N–H and O–H groups in total. The van der Waals surface area contributed by atoms with Crippen LogP contribution in [0.1, 0.15) is 0 Å². The smallest absolute Gasteiger partial charge is 0.402 e. The van der Waals surface area contributed by atoms with Gasteiger partial charge in [-0.05, 0) is 24.3 Å². The molecule has 3 nitrogen and oxygen atoms in total. The molecule has 0 atom stereocenters. The molecule has 0 heterocycles. The van der Waals surface area contributed by atoms with Gasteiger partial charge < -0.3 is 15.1 Å². The predicted octanol–water partition coefficient (Wildman–Crippen LogP) is 19.7. The van der Waals surface area contributed by atoms with Crippen LogP contribution in [0.15, 0.2) is 24.3 Å². The minimum absolute atomic E-state index is 0.139. The Bertz CT molecular complexity index is 3640. The first-order valence-corrected chi connectivity index (χ1v) is 36.5. The number of benzene rings is 8. The lowest BCUT2D eigenvalue weighted by molar-refractivity contribution is 0.278. The molecule has 43 heteroatoms. The van der Waals surface area contributed by atoms with Gasteiger partial charge in [-0.25, -0.2) is 158 Å². The van der Waals surface area contributed by atoms with Gasteiger partial charge in [0.1, 0.15) is 0 Å². The Morgan fingerprint density at radius 1 is 0.170 bits per heavy atom. The number of hydrogen-bond acceptors (Lipinski definition) is 3. The van der Waals surface area contributed by atoms with E-state index >= 15 is 0 Å². The SMILES string of the molecule is C[SiH](C)C.C[SiH](C)C.C[SiH](C)C.Fc1cc(-c2c(F)c(F)c(F)c(F)c2F)c(F)c(F)c1F.Fc1cc(-c2c(F)c(F)c(F)c(F)c2F)c(F)c(F)c1F.Fc1cc(-c2c(F)c(F)c(F)c(F)c2F)c(F)c(F)c1F.Fc1cc(-c2c(F)c(F)c(F)c(F)c2F)c(F)c(F)c1F.OB(O)O. The molecule has 0 fully saturated rings. The van der Waals surface area contributed by atoms with Crippen LogP contribution in [0.2, 0.25) is 58.9 Å². The number of rotatable bonds is 4. The first kappa shape index (κ1) is 89.8. The Kier molecular flexibility index (Phi) is 33.7. The molecule has 0 radical (unpaired) electrons. The van der Waals surface area contributed by atoms with Crippen LogP contribution < -0.4 is 0 Å². The van der Waals surface area contributed by atoms with Crippen molar-refractivity contribution in [3.05, 3.63) is 234 Å². The second-order valence-electron chi connectivity index (χ2n) is 20.7. The Labute approximate surface area is 542 Å². The quantitative estimate of drug-likeness (QED) is 0.0712. The van der Waals surface area contributed by atoms with Crippen molar-refractivity contribution in [1.82, 2.24) is 0 Å². The first-order valence-electron chi connectivity index (χ1n) is 26.1. The molecule has 8 aromatic rings. The van der Waals surface area contributed by atoms with E-state index in [-0.39, 0.29) is 50.7 Å². The van der Waals surface area contributed by atoms with E-state index < -0.39 is 261 Å². The summed E-state index contributed by atoms with van der Waals surface area (Å²) in [5.41, 5.74) is -14.2. The van der Waals surface area contributed by atoms with Gasteiger partial charge in [0.05, 0.1) is 22.3 Å². The predicted molar refractivity (Wildman–Crippen MR) is 293 cm³/mol. The molecule has 0 unspecified atom stereocenters. The van der Waals surface area contributed by atoms with Crippen LogP contribution in [0.25, 0.3) is 44.5 Å². The van der Waals surface area contributed by atoms with E-state index in [9.17, 15) is 158 Å². The maximum atomic E-state index is 13.4. The Morgan fingerprint density at radius 3 is 0.350 bits per heavy atom. The van der Waals surface area contributed by atoms with Crippen molar-refractivity contribution in [3.63, 3.8) is 0 Å². The Morgan fingerprint density at radius 2 is 0.250 bits per heavy atom. The third-order valence-electron chi connectivity index (χ3n) is 10.3. The minimum Gasteiger partial charge on any atom is -0.402 e. The summed E-state index contributed by atoms with van der Waals surface area (Å²) in [6.07, 6.45) is 0. The topological polar surface area (TPSA) is 60.7 Å². The van der Waals surface area contributed by atoms with Crippen LogP contribution in [0, 0.1) is 209 Å². The molecule has 0 aliphatic carbocycles. The molecule has 550 valence electrons. The average molecular weight is 1550 g/mol. The Balaban J connectivity index is 0.000000619. The van der Waals surface area contributed by atoms with Crippen LogP contribution in [0.3, 0.4) is 0 Å². The molecule has 0 saturated heterocycles. The van der Waals surface area contributed by atoms with Crippen molar-refractivity contribution >= 4 is 33.7 Å². The molecule has 0 aliphatic heterocycles. The fraction of sp³-hybridized carbons (Fsp3) is 0.158. The normalized spacial score (nSPS) is 10.7. The third kappa shape index (κ3) is 21.0. The van der Waals surface area contributed by atoms with Crippen LogP contribution in [-0.2, 0) is 0 Å². The van der Waals surface area contributed by atoms with Gasteiger partial charge in [0, 0.05) is 48.6 Å². The molecule has 0 bridgehead atoms. The van der Waals surface area contributed by atoms with Crippen molar-refractivity contribution in [1.29, 1.82) is 0 Å². The van der Waals surface area contributed by atoms with E-state index in [1.54, 1.807) is 0 Å².